The Morgan fingerprint density at radius 1 is 0.240 bits per heavy atom. The van der Waals surface area contributed by atoms with Crippen LogP contribution in [0.2, 0.25) is 0 Å². The van der Waals surface area contributed by atoms with E-state index in [-0.39, 0.29) is 16.2 Å². The van der Waals surface area contributed by atoms with Crippen LogP contribution in [0.5, 0.6) is 0 Å². The van der Waals surface area contributed by atoms with Crippen LogP contribution in [0.15, 0.2) is 321 Å². The van der Waals surface area contributed by atoms with Crippen molar-refractivity contribution in [1.82, 2.24) is 0 Å². The lowest BCUT2D eigenvalue weighted by Crippen LogP contribution is -2.29. The fourth-order valence-electron chi connectivity index (χ4n) is 16.7. The standard InChI is InChI=1S/C97H77N3O4/c1-94(2,3)60-42-44-63(45-43-60)97(64-50-56-69(57-51-64)98(67-52-46-61(47-53-67)95(4,5)6)68-54-48-62(49-55-68)96(7,8)9)76-58-80(99(65-26-12-10-13-27-65)78-36-24-34-72-70-30-16-20-38-82(70)101-90(72)78)92-86(74-32-18-22-40-84(74)103-92)88(76)89-77(97)59-81(93-87(89)75-33-19-23-41-85(75)104-93)100(66-28-14-11-15-29-66)79-37-25-35-73-71-31-17-21-39-83(71)102-91(73)79/h10-59H,1-9H3. The first-order valence-corrected chi connectivity index (χ1v) is 36.2. The molecule has 104 heavy (non-hydrogen) atoms. The highest BCUT2D eigenvalue weighted by molar-refractivity contribution is 6.28. The molecule has 0 aliphatic heterocycles. The van der Waals surface area contributed by atoms with Gasteiger partial charge in [0.15, 0.2) is 22.3 Å². The van der Waals surface area contributed by atoms with Crippen LogP contribution in [0.3, 0.4) is 0 Å². The molecule has 14 aromatic carbocycles. The van der Waals surface area contributed by atoms with E-state index < -0.39 is 5.41 Å². The van der Waals surface area contributed by atoms with Crippen molar-refractivity contribution < 1.29 is 17.7 Å². The van der Waals surface area contributed by atoms with Crippen LogP contribution in [-0.4, -0.2) is 0 Å². The molecule has 7 heteroatoms. The summed E-state index contributed by atoms with van der Waals surface area (Å²) in [6.07, 6.45) is 0. The summed E-state index contributed by atoms with van der Waals surface area (Å²) in [5, 5.41) is 8.12. The molecule has 18 aromatic rings. The number of furan rings is 4. The van der Waals surface area contributed by atoms with Crippen molar-refractivity contribution in [3.05, 3.63) is 342 Å². The van der Waals surface area contributed by atoms with Crippen LogP contribution in [0, 0.1) is 0 Å². The molecule has 0 saturated carbocycles. The summed E-state index contributed by atoms with van der Waals surface area (Å²) in [5.41, 5.74) is 23.6. The molecular weight excluding hydrogens is 1270 g/mol. The Hall–Kier alpha value is -12.3. The predicted molar refractivity (Wildman–Crippen MR) is 433 cm³/mol. The minimum absolute atomic E-state index is 0.0349. The molecule has 0 radical (unpaired) electrons. The third kappa shape index (κ3) is 9.70. The van der Waals surface area contributed by atoms with Gasteiger partial charge in [-0.25, -0.2) is 0 Å². The normalized spacial score (nSPS) is 13.1. The lowest BCUT2D eigenvalue weighted by Gasteiger charge is -2.36. The van der Waals surface area contributed by atoms with Gasteiger partial charge in [0.2, 0.25) is 0 Å². The molecule has 1 aliphatic carbocycles. The van der Waals surface area contributed by atoms with Gasteiger partial charge < -0.3 is 32.4 Å². The Morgan fingerprint density at radius 2 is 0.529 bits per heavy atom. The zero-order valence-electron chi connectivity index (χ0n) is 59.8. The summed E-state index contributed by atoms with van der Waals surface area (Å²) >= 11 is 0. The van der Waals surface area contributed by atoms with Crippen LogP contribution in [0.1, 0.15) is 101 Å². The van der Waals surface area contributed by atoms with Crippen LogP contribution in [-0.2, 0) is 21.7 Å². The van der Waals surface area contributed by atoms with Gasteiger partial charge in [0.25, 0.3) is 0 Å². The zero-order chi connectivity index (χ0) is 70.5. The highest BCUT2D eigenvalue weighted by Gasteiger charge is 2.51. The molecule has 0 unspecified atom stereocenters. The molecule has 0 atom stereocenters. The van der Waals surface area contributed by atoms with E-state index in [1.54, 1.807) is 0 Å². The molecule has 1 aliphatic rings. The fraction of sp³-hybridized carbons (Fsp3) is 0.134. The van der Waals surface area contributed by atoms with Gasteiger partial charge in [-0.15, -0.1) is 0 Å². The highest BCUT2D eigenvalue weighted by Crippen LogP contribution is 2.65. The van der Waals surface area contributed by atoms with E-state index in [2.05, 4.69) is 368 Å². The largest absolute Gasteiger partial charge is 0.454 e. The van der Waals surface area contributed by atoms with E-state index in [0.29, 0.717) is 0 Å². The lowest BCUT2D eigenvalue weighted by atomic mass is 9.67. The molecule has 4 aromatic heterocycles. The quantitative estimate of drug-likeness (QED) is 0.128. The fourth-order valence-corrected chi connectivity index (χ4v) is 16.7. The SMILES string of the molecule is CC(C)(C)c1ccc(N(c2ccc(C(C)(C)C)cc2)c2ccc(C3(c4ccc(C(C)(C)C)cc4)c4cc(N(c5ccccc5)c5cccc6c5oc5ccccc56)c5oc6ccccc6c5c4-c4c3cc(N(c3ccccc3)c3cccc5c3oc3ccccc35)c3oc5ccccc5c43)cc2)cc1. The topological polar surface area (TPSA) is 62.3 Å². The second-order valence-electron chi connectivity index (χ2n) is 31.1. The van der Waals surface area contributed by atoms with Crippen LogP contribution in [0.4, 0.5) is 51.2 Å². The summed E-state index contributed by atoms with van der Waals surface area (Å²) < 4.78 is 29.5. The van der Waals surface area contributed by atoms with E-state index in [1.807, 2.05) is 12.1 Å². The Kier molecular flexibility index (Phi) is 14.1. The monoisotopic (exact) mass is 1350 g/mol. The Balaban J connectivity index is 0.989. The van der Waals surface area contributed by atoms with Crippen molar-refractivity contribution in [3.8, 4) is 11.1 Å². The Bertz CT molecular complexity index is 6050. The van der Waals surface area contributed by atoms with Crippen LogP contribution in [0.25, 0.3) is 98.9 Å². The molecule has 4 heterocycles. The molecular formula is C97H77N3O4. The number of hydrogen-bond acceptors (Lipinski definition) is 7. The summed E-state index contributed by atoms with van der Waals surface area (Å²) in [4.78, 5) is 7.17. The summed E-state index contributed by atoms with van der Waals surface area (Å²) in [7, 11) is 0. The zero-order valence-corrected chi connectivity index (χ0v) is 59.8. The van der Waals surface area contributed by atoms with Crippen molar-refractivity contribution in [2.75, 3.05) is 14.7 Å². The van der Waals surface area contributed by atoms with Gasteiger partial charge >= 0.3 is 0 Å². The summed E-state index contributed by atoms with van der Waals surface area (Å²) in [5.74, 6) is 0. The average molecular weight is 1350 g/mol. The van der Waals surface area contributed by atoms with E-state index in [1.165, 1.54) is 16.7 Å². The maximum Gasteiger partial charge on any atom is 0.160 e. The number of para-hydroxylation sites is 8. The third-order valence-corrected chi connectivity index (χ3v) is 21.8. The number of benzene rings is 14. The summed E-state index contributed by atoms with van der Waals surface area (Å²) in [6, 6.07) is 111. The van der Waals surface area contributed by atoms with E-state index in [0.717, 1.165) is 172 Å². The van der Waals surface area contributed by atoms with Gasteiger partial charge in [0, 0.05) is 71.5 Å². The van der Waals surface area contributed by atoms with Crippen LogP contribution >= 0.6 is 0 Å². The smallest absolute Gasteiger partial charge is 0.160 e. The first kappa shape index (κ1) is 62.7. The molecule has 0 spiro atoms. The third-order valence-electron chi connectivity index (χ3n) is 21.8. The number of fused-ring (bicyclic) bond motifs is 17. The first-order chi connectivity index (χ1) is 50.5. The molecule has 0 fully saturated rings. The Labute approximate surface area is 605 Å². The van der Waals surface area contributed by atoms with Gasteiger partial charge in [0.05, 0.1) is 28.2 Å². The highest BCUT2D eigenvalue weighted by atomic mass is 16.3. The van der Waals surface area contributed by atoms with Gasteiger partial charge in [-0.2, -0.15) is 0 Å². The first-order valence-electron chi connectivity index (χ1n) is 36.2. The Morgan fingerprint density at radius 3 is 0.904 bits per heavy atom. The van der Waals surface area contributed by atoms with E-state index >= 15 is 0 Å². The van der Waals surface area contributed by atoms with Gasteiger partial charge in [-0.1, -0.05) is 256 Å². The number of rotatable bonds is 11. The van der Waals surface area contributed by atoms with Gasteiger partial charge in [-0.3, -0.25) is 0 Å². The molecule has 0 saturated heterocycles. The van der Waals surface area contributed by atoms with Crippen molar-refractivity contribution in [3.63, 3.8) is 0 Å². The number of nitrogens with zero attached hydrogens (tertiary/aromatic N) is 3. The maximum atomic E-state index is 7.63. The second-order valence-corrected chi connectivity index (χ2v) is 31.1. The number of hydrogen-bond donors (Lipinski definition) is 0. The minimum Gasteiger partial charge on any atom is -0.454 e. The second kappa shape index (κ2) is 23.4. The number of anilines is 9. The van der Waals surface area contributed by atoms with E-state index in [4.69, 9.17) is 17.7 Å². The molecule has 0 bridgehead atoms. The van der Waals surface area contributed by atoms with Crippen molar-refractivity contribution in [1.29, 1.82) is 0 Å². The average Bonchev–Trinajstić information content (AvgIpc) is 1.49. The van der Waals surface area contributed by atoms with Crippen molar-refractivity contribution in [2.45, 2.75) is 84.0 Å². The maximum absolute atomic E-state index is 7.63. The minimum atomic E-state index is -1.11. The van der Waals surface area contributed by atoms with Crippen molar-refractivity contribution in [2.24, 2.45) is 0 Å². The molecule has 0 amide bonds. The van der Waals surface area contributed by atoms with Gasteiger partial charge in [0.1, 0.15) is 22.3 Å². The predicted octanol–water partition coefficient (Wildman–Crippen LogP) is 27.9. The van der Waals surface area contributed by atoms with E-state index in [9.17, 15) is 0 Å². The molecule has 19 rings (SSSR count). The molecule has 504 valence electrons. The van der Waals surface area contributed by atoms with Crippen LogP contribution < -0.4 is 14.7 Å². The van der Waals surface area contributed by atoms with Gasteiger partial charge in [-0.05, 0) is 176 Å². The lowest BCUT2D eigenvalue weighted by molar-refractivity contribution is 0.589. The summed E-state index contributed by atoms with van der Waals surface area (Å²) in [6.45, 7) is 20.6. The molecule has 7 nitrogen and oxygen atoms in total. The van der Waals surface area contributed by atoms with Crippen molar-refractivity contribution >= 4 is 139 Å². The molecule has 0 N–H and O–H groups in total.